The van der Waals surface area contributed by atoms with Crippen molar-refractivity contribution in [1.29, 1.82) is 0 Å². The van der Waals surface area contributed by atoms with Crippen LogP contribution in [0.3, 0.4) is 0 Å². The molecule has 0 amide bonds. The molecule has 1 rings (SSSR count). The Hall–Kier alpha value is -1.03. The Kier molecular flexibility index (Phi) is 5.00. The van der Waals surface area contributed by atoms with E-state index in [4.69, 9.17) is 16.3 Å². The van der Waals surface area contributed by atoms with Gasteiger partial charge in [0.2, 0.25) is 5.88 Å². The lowest BCUT2D eigenvalue weighted by molar-refractivity contribution is 0.333. The standard InChI is InChI=1S/C12H20ClN3O/c1-12(2,3)9(5-6-13)16-10-7-11(17-4)15-8-14-10/h7-9H,5-6H2,1-4H3,(H,14,15,16). The van der Waals surface area contributed by atoms with E-state index in [1.54, 1.807) is 13.2 Å². The van der Waals surface area contributed by atoms with Gasteiger partial charge in [0.1, 0.15) is 12.1 Å². The van der Waals surface area contributed by atoms with Crippen molar-refractivity contribution >= 4 is 17.4 Å². The Bertz CT molecular complexity index is 352. The van der Waals surface area contributed by atoms with Crippen LogP contribution in [0.5, 0.6) is 5.88 Å². The highest BCUT2D eigenvalue weighted by molar-refractivity contribution is 6.17. The molecule has 0 bridgehead atoms. The third-order valence-corrected chi connectivity index (χ3v) is 2.83. The number of halogens is 1. The summed E-state index contributed by atoms with van der Waals surface area (Å²) >= 11 is 5.83. The fraction of sp³-hybridized carbons (Fsp3) is 0.667. The van der Waals surface area contributed by atoms with E-state index >= 15 is 0 Å². The van der Waals surface area contributed by atoms with Crippen molar-refractivity contribution in [3.8, 4) is 5.88 Å². The smallest absolute Gasteiger partial charge is 0.218 e. The van der Waals surface area contributed by atoms with E-state index in [2.05, 4.69) is 36.1 Å². The van der Waals surface area contributed by atoms with Crippen LogP contribution in [0.25, 0.3) is 0 Å². The topological polar surface area (TPSA) is 47.0 Å². The lowest BCUT2D eigenvalue weighted by Crippen LogP contribution is -2.34. The van der Waals surface area contributed by atoms with Gasteiger partial charge >= 0.3 is 0 Å². The molecule has 1 N–H and O–H groups in total. The second-order valence-corrected chi connectivity index (χ2v) is 5.36. The lowest BCUT2D eigenvalue weighted by atomic mass is 9.85. The number of rotatable bonds is 5. The van der Waals surface area contributed by atoms with Crippen molar-refractivity contribution in [2.45, 2.75) is 33.2 Å². The molecule has 1 atom stereocenters. The molecule has 0 radical (unpaired) electrons. The Morgan fingerprint density at radius 3 is 2.65 bits per heavy atom. The first-order valence-corrected chi connectivity index (χ1v) is 6.19. The Morgan fingerprint density at radius 1 is 1.41 bits per heavy atom. The summed E-state index contributed by atoms with van der Waals surface area (Å²) in [5.74, 6) is 1.94. The second-order valence-electron chi connectivity index (χ2n) is 4.99. The largest absolute Gasteiger partial charge is 0.481 e. The molecule has 17 heavy (non-hydrogen) atoms. The monoisotopic (exact) mass is 257 g/mol. The summed E-state index contributed by atoms with van der Waals surface area (Å²) in [6.45, 7) is 6.53. The quantitative estimate of drug-likeness (QED) is 0.824. The average molecular weight is 258 g/mol. The maximum absolute atomic E-state index is 5.83. The minimum atomic E-state index is 0.118. The molecule has 1 aromatic heterocycles. The number of nitrogens with one attached hydrogen (secondary N) is 1. The van der Waals surface area contributed by atoms with Gasteiger partial charge in [0, 0.05) is 18.0 Å². The highest BCUT2D eigenvalue weighted by atomic mass is 35.5. The number of hydrogen-bond acceptors (Lipinski definition) is 4. The van der Waals surface area contributed by atoms with E-state index in [1.807, 2.05) is 0 Å². The van der Waals surface area contributed by atoms with E-state index in [0.717, 1.165) is 12.2 Å². The summed E-state index contributed by atoms with van der Waals surface area (Å²) in [7, 11) is 1.59. The summed E-state index contributed by atoms with van der Waals surface area (Å²) < 4.78 is 5.06. The minimum Gasteiger partial charge on any atom is -0.481 e. The molecular formula is C12H20ClN3O. The Labute approximate surface area is 108 Å². The van der Waals surface area contributed by atoms with E-state index in [1.165, 1.54) is 6.33 Å². The molecule has 5 heteroatoms. The fourth-order valence-electron chi connectivity index (χ4n) is 1.54. The van der Waals surface area contributed by atoms with Gasteiger partial charge in [-0.25, -0.2) is 9.97 Å². The highest BCUT2D eigenvalue weighted by Crippen LogP contribution is 2.25. The van der Waals surface area contributed by atoms with Crippen LogP contribution in [0.2, 0.25) is 0 Å². The van der Waals surface area contributed by atoms with Crippen molar-refractivity contribution in [1.82, 2.24) is 9.97 Å². The first kappa shape index (κ1) is 14.0. The SMILES string of the molecule is COc1cc(NC(CCCl)C(C)(C)C)ncn1. The van der Waals surface area contributed by atoms with Crippen molar-refractivity contribution in [2.75, 3.05) is 18.3 Å². The number of methoxy groups -OCH3 is 1. The lowest BCUT2D eigenvalue weighted by Gasteiger charge is -2.31. The van der Waals surface area contributed by atoms with E-state index < -0.39 is 0 Å². The van der Waals surface area contributed by atoms with Crippen LogP contribution in [0.4, 0.5) is 5.82 Å². The maximum atomic E-state index is 5.83. The number of ether oxygens (including phenoxy) is 1. The van der Waals surface area contributed by atoms with Crippen LogP contribution in [-0.2, 0) is 0 Å². The molecule has 0 spiro atoms. The third-order valence-electron chi connectivity index (χ3n) is 2.62. The van der Waals surface area contributed by atoms with Crippen molar-refractivity contribution < 1.29 is 4.74 Å². The zero-order valence-corrected chi connectivity index (χ0v) is 11.6. The summed E-state index contributed by atoms with van der Waals surface area (Å²) in [5.41, 5.74) is 0.118. The van der Waals surface area contributed by atoms with Crippen LogP contribution in [-0.4, -0.2) is 29.0 Å². The molecule has 0 aliphatic heterocycles. The van der Waals surface area contributed by atoms with Crippen LogP contribution >= 0.6 is 11.6 Å². The Balaban J connectivity index is 2.78. The third kappa shape index (κ3) is 4.38. The first-order chi connectivity index (χ1) is 7.97. The minimum absolute atomic E-state index is 0.118. The van der Waals surface area contributed by atoms with E-state index in [9.17, 15) is 0 Å². The molecule has 1 aromatic rings. The molecule has 0 fully saturated rings. The number of hydrogen-bond donors (Lipinski definition) is 1. The zero-order valence-electron chi connectivity index (χ0n) is 10.8. The van der Waals surface area contributed by atoms with Gasteiger partial charge in [0.25, 0.3) is 0 Å². The van der Waals surface area contributed by atoms with Crippen molar-refractivity contribution in [2.24, 2.45) is 5.41 Å². The van der Waals surface area contributed by atoms with Gasteiger partial charge in [0.05, 0.1) is 7.11 Å². The predicted molar refractivity (Wildman–Crippen MR) is 70.8 cm³/mol. The summed E-state index contributed by atoms with van der Waals surface area (Å²) in [6.07, 6.45) is 2.37. The zero-order chi connectivity index (χ0) is 12.9. The normalized spacial score (nSPS) is 13.2. The van der Waals surface area contributed by atoms with Crippen molar-refractivity contribution in [3.05, 3.63) is 12.4 Å². The van der Waals surface area contributed by atoms with Gasteiger partial charge in [-0.1, -0.05) is 20.8 Å². The van der Waals surface area contributed by atoms with Gasteiger partial charge in [-0.3, -0.25) is 0 Å². The molecule has 0 aromatic carbocycles. The average Bonchev–Trinajstić information content (AvgIpc) is 2.27. The van der Waals surface area contributed by atoms with Gasteiger partial charge in [-0.05, 0) is 11.8 Å². The van der Waals surface area contributed by atoms with Crippen molar-refractivity contribution in [3.63, 3.8) is 0 Å². The maximum Gasteiger partial charge on any atom is 0.218 e. The van der Waals surface area contributed by atoms with Gasteiger partial charge in [-0.15, -0.1) is 11.6 Å². The molecule has 0 saturated heterocycles. The number of anilines is 1. The van der Waals surface area contributed by atoms with Gasteiger partial charge in [-0.2, -0.15) is 0 Å². The number of alkyl halides is 1. The molecule has 1 heterocycles. The van der Waals surface area contributed by atoms with Gasteiger partial charge in [0.15, 0.2) is 0 Å². The summed E-state index contributed by atoms with van der Waals surface area (Å²) in [4.78, 5) is 8.15. The van der Waals surface area contributed by atoms with Crippen LogP contribution in [0.1, 0.15) is 27.2 Å². The Morgan fingerprint density at radius 2 is 2.12 bits per heavy atom. The molecule has 96 valence electrons. The van der Waals surface area contributed by atoms with Gasteiger partial charge < -0.3 is 10.1 Å². The van der Waals surface area contributed by atoms with E-state index in [0.29, 0.717) is 11.8 Å². The summed E-state index contributed by atoms with van der Waals surface area (Å²) in [6, 6.07) is 2.05. The molecule has 0 aliphatic carbocycles. The number of nitrogens with zero attached hydrogens (tertiary/aromatic N) is 2. The van der Waals surface area contributed by atoms with Crippen LogP contribution < -0.4 is 10.1 Å². The second kappa shape index (κ2) is 6.05. The molecular weight excluding hydrogens is 238 g/mol. The molecule has 0 aliphatic rings. The first-order valence-electron chi connectivity index (χ1n) is 5.66. The summed E-state index contributed by atoms with van der Waals surface area (Å²) in [5, 5.41) is 3.38. The fourth-order valence-corrected chi connectivity index (χ4v) is 1.76. The molecule has 4 nitrogen and oxygen atoms in total. The predicted octanol–water partition coefficient (Wildman–Crippen LogP) is 2.94. The molecule has 1 unspecified atom stereocenters. The molecule has 0 saturated carbocycles. The number of aromatic nitrogens is 2. The van der Waals surface area contributed by atoms with E-state index in [-0.39, 0.29) is 11.5 Å². The van der Waals surface area contributed by atoms with Crippen LogP contribution in [0.15, 0.2) is 12.4 Å². The van der Waals surface area contributed by atoms with Crippen LogP contribution in [0, 0.1) is 5.41 Å². The highest BCUT2D eigenvalue weighted by Gasteiger charge is 2.24.